The van der Waals surface area contributed by atoms with Crippen molar-refractivity contribution in [2.45, 2.75) is 56.5 Å². The van der Waals surface area contributed by atoms with Crippen molar-refractivity contribution in [2.24, 2.45) is 0 Å². The molecule has 0 bridgehead atoms. The summed E-state index contributed by atoms with van der Waals surface area (Å²) in [5, 5.41) is 7.87. The molecule has 3 fully saturated rings. The van der Waals surface area contributed by atoms with Crippen LogP contribution in [0.2, 0.25) is 0 Å². The topological polar surface area (TPSA) is 81.8 Å². The van der Waals surface area contributed by atoms with Crippen LogP contribution in [-0.4, -0.2) is 59.4 Å². The quantitative estimate of drug-likeness (QED) is 0.713. The lowest BCUT2D eigenvalue weighted by atomic mass is 9.82. The fraction of sp³-hybridized carbons (Fsp3) is 0.650. The Balaban J connectivity index is 1.36. The molecule has 1 unspecified atom stereocenters. The third-order valence-electron chi connectivity index (χ3n) is 6.20. The van der Waals surface area contributed by atoms with Crippen molar-refractivity contribution in [2.75, 3.05) is 26.2 Å². The fourth-order valence-corrected chi connectivity index (χ4v) is 5.53. The van der Waals surface area contributed by atoms with Gasteiger partial charge in [-0.25, -0.2) is 4.79 Å². The second-order valence-corrected chi connectivity index (χ2v) is 9.02. The first kappa shape index (κ1) is 19.4. The summed E-state index contributed by atoms with van der Waals surface area (Å²) in [6.07, 6.45) is 6.66. The van der Waals surface area contributed by atoms with E-state index in [9.17, 15) is 14.4 Å². The average Bonchev–Trinajstić information content (AvgIpc) is 3.44. The van der Waals surface area contributed by atoms with E-state index in [1.807, 2.05) is 6.07 Å². The van der Waals surface area contributed by atoms with E-state index >= 15 is 0 Å². The van der Waals surface area contributed by atoms with E-state index in [0.717, 1.165) is 37.3 Å². The maximum Gasteiger partial charge on any atom is 0.325 e. The van der Waals surface area contributed by atoms with E-state index in [-0.39, 0.29) is 24.4 Å². The third-order valence-corrected chi connectivity index (χ3v) is 7.17. The molecular formula is C20H28N4O3S. The van der Waals surface area contributed by atoms with E-state index in [4.69, 9.17) is 0 Å². The van der Waals surface area contributed by atoms with Crippen LogP contribution in [0, 0.1) is 0 Å². The maximum absolute atomic E-state index is 12.8. The number of amides is 4. The first-order chi connectivity index (χ1) is 13.6. The number of hydrogen-bond acceptors (Lipinski definition) is 5. The summed E-state index contributed by atoms with van der Waals surface area (Å²) in [6, 6.07) is 3.85. The number of hydrogen-bond donors (Lipinski definition) is 2. The van der Waals surface area contributed by atoms with Crippen molar-refractivity contribution in [3.05, 3.63) is 22.4 Å². The first-order valence-corrected chi connectivity index (χ1v) is 11.2. The van der Waals surface area contributed by atoms with Crippen LogP contribution in [0.25, 0.3) is 0 Å². The molecule has 1 spiro atoms. The lowest BCUT2D eigenvalue weighted by molar-refractivity contribution is -0.135. The van der Waals surface area contributed by atoms with Gasteiger partial charge in [-0.05, 0) is 50.2 Å². The number of urea groups is 1. The Morgan fingerprint density at radius 1 is 1.18 bits per heavy atom. The van der Waals surface area contributed by atoms with Crippen LogP contribution < -0.4 is 10.6 Å². The molecule has 1 aliphatic carbocycles. The van der Waals surface area contributed by atoms with Gasteiger partial charge in [0.1, 0.15) is 12.1 Å². The van der Waals surface area contributed by atoms with Crippen LogP contribution in [0.1, 0.15) is 55.9 Å². The second-order valence-electron chi connectivity index (χ2n) is 8.04. The van der Waals surface area contributed by atoms with Gasteiger partial charge >= 0.3 is 6.03 Å². The SMILES string of the molecule is O=C(CN1C(=O)NC2(CCCCC2)C1=O)NCC(c1cccs1)N1CCCC1. The van der Waals surface area contributed by atoms with Crippen LogP contribution in [0.5, 0.6) is 0 Å². The minimum Gasteiger partial charge on any atom is -0.353 e. The molecule has 1 atom stereocenters. The number of carbonyl (C=O) groups excluding carboxylic acids is 3. The van der Waals surface area contributed by atoms with E-state index < -0.39 is 11.6 Å². The second kappa shape index (κ2) is 8.21. The molecule has 3 aliphatic rings. The molecule has 0 radical (unpaired) electrons. The molecule has 0 aromatic carbocycles. The summed E-state index contributed by atoms with van der Waals surface area (Å²) < 4.78 is 0. The fourth-order valence-electron chi connectivity index (χ4n) is 4.67. The predicted molar refractivity (Wildman–Crippen MR) is 107 cm³/mol. The molecule has 152 valence electrons. The summed E-state index contributed by atoms with van der Waals surface area (Å²) in [7, 11) is 0. The van der Waals surface area contributed by atoms with Crippen molar-refractivity contribution >= 4 is 29.2 Å². The molecule has 1 aromatic rings. The molecule has 1 aromatic heterocycles. The zero-order chi connectivity index (χ0) is 19.6. The van der Waals surface area contributed by atoms with Gasteiger partial charge in [-0.3, -0.25) is 19.4 Å². The largest absolute Gasteiger partial charge is 0.353 e. The lowest BCUT2D eigenvalue weighted by Gasteiger charge is -2.30. The first-order valence-electron chi connectivity index (χ1n) is 10.3. The van der Waals surface area contributed by atoms with Gasteiger partial charge in [-0.1, -0.05) is 25.3 Å². The number of imide groups is 1. The van der Waals surface area contributed by atoms with Crippen LogP contribution in [0.15, 0.2) is 17.5 Å². The van der Waals surface area contributed by atoms with E-state index in [2.05, 4.69) is 27.0 Å². The van der Waals surface area contributed by atoms with Gasteiger partial charge in [0.25, 0.3) is 5.91 Å². The minimum atomic E-state index is -0.773. The monoisotopic (exact) mass is 404 g/mol. The van der Waals surface area contributed by atoms with Gasteiger partial charge in [-0.2, -0.15) is 0 Å². The Bertz CT molecular complexity index is 724. The minimum absolute atomic E-state index is 0.152. The molecule has 28 heavy (non-hydrogen) atoms. The van der Waals surface area contributed by atoms with Crippen molar-refractivity contribution in [1.82, 2.24) is 20.4 Å². The zero-order valence-corrected chi connectivity index (χ0v) is 16.9. The Morgan fingerprint density at radius 3 is 2.61 bits per heavy atom. The summed E-state index contributed by atoms with van der Waals surface area (Å²) in [5.41, 5.74) is -0.773. The number of likely N-dealkylation sites (tertiary alicyclic amines) is 1. The van der Waals surface area contributed by atoms with Crippen molar-refractivity contribution in [3.8, 4) is 0 Å². The Kier molecular flexibility index (Phi) is 5.68. The van der Waals surface area contributed by atoms with Gasteiger partial charge in [0, 0.05) is 11.4 Å². The normalized spacial score (nSPS) is 23.2. The van der Waals surface area contributed by atoms with Gasteiger partial charge in [-0.15, -0.1) is 11.3 Å². The van der Waals surface area contributed by atoms with Gasteiger partial charge in [0.2, 0.25) is 5.91 Å². The van der Waals surface area contributed by atoms with Crippen molar-refractivity contribution < 1.29 is 14.4 Å². The lowest BCUT2D eigenvalue weighted by Crippen LogP contribution is -2.49. The highest BCUT2D eigenvalue weighted by molar-refractivity contribution is 7.10. The standard InChI is InChI=1S/C20H28N4O3S/c25-17(14-24-18(26)20(22-19(24)27)8-2-1-3-9-20)21-13-15(16-7-6-12-28-16)23-10-4-5-11-23/h6-7,12,15H,1-5,8-11,13-14H2,(H,21,25)(H,22,27). The molecule has 2 N–H and O–H groups in total. The van der Waals surface area contributed by atoms with E-state index in [1.165, 1.54) is 17.7 Å². The molecule has 4 rings (SSSR count). The van der Waals surface area contributed by atoms with E-state index in [0.29, 0.717) is 19.4 Å². The van der Waals surface area contributed by atoms with Crippen LogP contribution in [0.4, 0.5) is 4.79 Å². The summed E-state index contributed by atoms with van der Waals surface area (Å²) in [4.78, 5) is 42.4. The highest BCUT2D eigenvalue weighted by Gasteiger charge is 2.51. The summed E-state index contributed by atoms with van der Waals surface area (Å²) in [6.45, 7) is 2.36. The molecule has 2 saturated heterocycles. The number of carbonyl (C=O) groups is 3. The highest BCUT2D eigenvalue weighted by atomic mass is 32.1. The Hall–Kier alpha value is -1.93. The van der Waals surface area contributed by atoms with Gasteiger partial charge in [0.15, 0.2) is 0 Å². The molecule has 7 nitrogen and oxygen atoms in total. The summed E-state index contributed by atoms with van der Waals surface area (Å²) >= 11 is 1.70. The van der Waals surface area contributed by atoms with Crippen LogP contribution in [-0.2, 0) is 9.59 Å². The summed E-state index contributed by atoms with van der Waals surface area (Å²) in [5.74, 6) is -0.515. The van der Waals surface area contributed by atoms with Crippen molar-refractivity contribution in [3.63, 3.8) is 0 Å². The zero-order valence-electron chi connectivity index (χ0n) is 16.1. The Labute approximate surface area is 169 Å². The molecule has 3 heterocycles. The predicted octanol–water partition coefficient (Wildman–Crippen LogP) is 2.26. The van der Waals surface area contributed by atoms with E-state index in [1.54, 1.807) is 11.3 Å². The molecular weight excluding hydrogens is 376 g/mol. The molecule has 8 heteroatoms. The van der Waals surface area contributed by atoms with Crippen molar-refractivity contribution in [1.29, 1.82) is 0 Å². The highest BCUT2D eigenvalue weighted by Crippen LogP contribution is 2.33. The average molecular weight is 405 g/mol. The smallest absolute Gasteiger partial charge is 0.325 e. The number of thiophene rings is 1. The number of rotatable bonds is 6. The maximum atomic E-state index is 12.8. The van der Waals surface area contributed by atoms with Crippen LogP contribution >= 0.6 is 11.3 Å². The van der Waals surface area contributed by atoms with Crippen LogP contribution in [0.3, 0.4) is 0 Å². The Morgan fingerprint density at radius 2 is 1.93 bits per heavy atom. The third kappa shape index (κ3) is 3.80. The van der Waals surface area contributed by atoms with Gasteiger partial charge < -0.3 is 10.6 Å². The molecule has 1 saturated carbocycles. The molecule has 2 aliphatic heterocycles. The van der Waals surface area contributed by atoms with Gasteiger partial charge in [0.05, 0.1) is 6.04 Å². The number of nitrogens with zero attached hydrogens (tertiary/aromatic N) is 2. The number of nitrogens with one attached hydrogen (secondary N) is 2. The molecule has 4 amide bonds.